The molecule has 0 aromatic heterocycles. The minimum Gasteiger partial charge on any atom is -0.504 e. The van der Waals surface area contributed by atoms with Crippen molar-refractivity contribution in [1.82, 2.24) is 0 Å². The van der Waals surface area contributed by atoms with E-state index in [-0.39, 0.29) is 22.1 Å². The maximum Gasteiger partial charge on any atom is 0.162 e. The van der Waals surface area contributed by atoms with E-state index in [0.29, 0.717) is 15.7 Å². The standard InChI is InChI=1S/C12H16N2O4S2/c1-2-20(17,18)10-6-7-5-8(19(14)16)3-4-9(7)11(13)12(10)15/h3-6,15,17-18H,2,13-14H2,1H3. The van der Waals surface area contributed by atoms with Gasteiger partial charge in [-0.2, -0.15) is 10.6 Å². The first-order valence-electron chi connectivity index (χ1n) is 5.75. The summed E-state index contributed by atoms with van der Waals surface area (Å²) in [5, 5.41) is 16.4. The molecule has 0 saturated heterocycles. The van der Waals surface area contributed by atoms with Crippen molar-refractivity contribution in [3.05, 3.63) is 24.3 Å². The molecule has 20 heavy (non-hydrogen) atoms. The number of rotatable bonds is 3. The number of phenolic OH excluding ortho intramolecular Hbond substituents is 1. The largest absolute Gasteiger partial charge is 0.504 e. The van der Waals surface area contributed by atoms with Crippen LogP contribution in [-0.2, 0) is 11.0 Å². The number of phenols is 1. The summed E-state index contributed by atoms with van der Waals surface area (Å²) in [5.74, 6) is -0.269. The monoisotopic (exact) mass is 316 g/mol. The summed E-state index contributed by atoms with van der Waals surface area (Å²) < 4.78 is 31.2. The molecule has 2 rings (SSSR count). The summed E-state index contributed by atoms with van der Waals surface area (Å²) in [5.41, 5.74) is 5.89. The zero-order valence-corrected chi connectivity index (χ0v) is 12.4. The Morgan fingerprint density at radius 2 is 1.95 bits per heavy atom. The predicted octanol–water partition coefficient (Wildman–Crippen LogP) is 2.24. The molecule has 0 aliphatic rings. The molecule has 0 fully saturated rings. The molecule has 2 aromatic rings. The minimum absolute atomic E-state index is 0.00930. The van der Waals surface area contributed by atoms with Crippen LogP contribution in [0, 0.1) is 0 Å². The van der Waals surface area contributed by atoms with Crippen LogP contribution in [0.25, 0.3) is 10.8 Å². The van der Waals surface area contributed by atoms with Gasteiger partial charge in [-0.3, -0.25) is 9.11 Å². The van der Waals surface area contributed by atoms with Gasteiger partial charge in [0.2, 0.25) is 0 Å². The maximum absolute atomic E-state index is 11.3. The van der Waals surface area contributed by atoms with Crippen molar-refractivity contribution in [3.63, 3.8) is 0 Å². The third-order valence-electron chi connectivity index (χ3n) is 3.08. The second-order valence-electron chi connectivity index (χ2n) is 4.27. The van der Waals surface area contributed by atoms with E-state index in [2.05, 4.69) is 0 Å². The first-order chi connectivity index (χ1) is 9.27. The Kier molecular flexibility index (Phi) is 3.94. The van der Waals surface area contributed by atoms with E-state index < -0.39 is 21.6 Å². The van der Waals surface area contributed by atoms with Crippen molar-refractivity contribution in [2.24, 2.45) is 5.14 Å². The van der Waals surface area contributed by atoms with Gasteiger partial charge in [-0.25, -0.2) is 9.35 Å². The second-order valence-corrected chi connectivity index (χ2v) is 7.69. The zero-order valence-electron chi connectivity index (χ0n) is 10.7. The van der Waals surface area contributed by atoms with Crippen LogP contribution in [0.2, 0.25) is 0 Å². The molecule has 110 valence electrons. The number of hydrogen-bond acceptors (Lipinski definition) is 5. The first-order valence-corrected chi connectivity index (χ1v) is 8.68. The summed E-state index contributed by atoms with van der Waals surface area (Å²) >= 11 is 0. The molecule has 0 spiro atoms. The van der Waals surface area contributed by atoms with Crippen LogP contribution in [0.1, 0.15) is 6.92 Å². The van der Waals surface area contributed by atoms with Crippen molar-refractivity contribution in [3.8, 4) is 5.75 Å². The van der Waals surface area contributed by atoms with E-state index in [1.54, 1.807) is 25.1 Å². The lowest BCUT2D eigenvalue weighted by Gasteiger charge is -2.32. The van der Waals surface area contributed by atoms with E-state index >= 15 is 0 Å². The molecule has 0 aliphatic heterocycles. The molecule has 1 atom stereocenters. The maximum atomic E-state index is 11.3. The zero-order chi connectivity index (χ0) is 15.1. The smallest absolute Gasteiger partial charge is 0.162 e. The van der Waals surface area contributed by atoms with Crippen molar-refractivity contribution < 1.29 is 18.4 Å². The molecule has 2 aromatic carbocycles. The van der Waals surface area contributed by atoms with Gasteiger partial charge in [0, 0.05) is 11.1 Å². The van der Waals surface area contributed by atoms with Gasteiger partial charge in [0.1, 0.15) is 15.9 Å². The lowest BCUT2D eigenvalue weighted by molar-refractivity contribution is 0.446. The highest BCUT2D eigenvalue weighted by molar-refractivity contribution is 8.24. The second kappa shape index (κ2) is 5.23. The Labute approximate surface area is 120 Å². The highest BCUT2D eigenvalue weighted by atomic mass is 32.3. The lowest BCUT2D eigenvalue weighted by Crippen LogP contribution is -2.04. The van der Waals surface area contributed by atoms with Crippen LogP contribution in [0.4, 0.5) is 5.69 Å². The summed E-state index contributed by atoms with van der Waals surface area (Å²) in [6.07, 6.45) is 0. The predicted molar refractivity (Wildman–Crippen MR) is 82.3 cm³/mol. The number of benzene rings is 2. The molecule has 0 saturated carbocycles. The third kappa shape index (κ3) is 2.48. The quantitative estimate of drug-likeness (QED) is 0.438. The molecule has 0 radical (unpaired) electrons. The van der Waals surface area contributed by atoms with Crippen molar-refractivity contribution in [1.29, 1.82) is 0 Å². The van der Waals surface area contributed by atoms with Crippen molar-refractivity contribution in [2.45, 2.75) is 16.7 Å². The van der Waals surface area contributed by atoms with Gasteiger partial charge in [-0.05, 0) is 30.5 Å². The van der Waals surface area contributed by atoms with E-state index in [1.807, 2.05) is 0 Å². The number of nitrogen functional groups attached to an aromatic ring is 1. The number of anilines is 1. The highest BCUT2D eigenvalue weighted by Gasteiger charge is 2.21. The lowest BCUT2D eigenvalue weighted by atomic mass is 10.1. The Morgan fingerprint density at radius 3 is 2.50 bits per heavy atom. The molecule has 0 amide bonds. The number of hydrogen-bond donors (Lipinski definition) is 5. The SMILES string of the molecule is CCS(O)(O)c1cc2cc(S(N)=O)ccc2c(N)c1O. The first kappa shape index (κ1) is 15.1. The van der Waals surface area contributed by atoms with Gasteiger partial charge in [0.05, 0.1) is 10.6 Å². The molecular formula is C12H16N2O4S2. The van der Waals surface area contributed by atoms with Gasteiger partial charge in [0.15, 0.2) is 5.75 Å². The molecule has 1 unspecified atom stereocenters. The molecule has 0 heterocycles. The van der Waals surface area contributed by atoms with Crippen LogP contribution >= 0.6 is 10.6 Å². The Bertz CT molecular complexity index is 703. The Balaban J connectivity index is 2.79. The van der Waals surface area contributed by atoms with Gasteiger partial charge in [0.25, 0.3) is 0 Å². The summed E-state index contributed by atoms with van der Waals surface area (Å²) in [4.78, 5) is 0.381. The average molecular weight is 316 g/mol. The molecule has 6 nitrogen and oxygen atoms in total. The van der Waals surface area contributed by atoms with Crippen LogP contribution in [-0.4, -0.2) is 24.2 Å². The highest BCUT2D eigenvalue weighted by Crippen LogP contribution is 2.54. The Morgan fingerprint density at radius 1 is 1.30 bits per heavy atom. The number of nitrogens with two attached hydrogens (primary N) is 2. The van der Waals surface area contributed by atoms with E-state index in [0.717, 1.165) is 0 Å². The molecule has 0 bridgehead atoms. The number of fused-ring (bicyclic) bond motifs is 1. The average Bonchev–Trinajstić information content (AvgIpc) is 2.41. The molecular weight excluding hydrogens is 300 g/mol. The van der Waals surface area contributed by atoms with Gasteiger partial charge >= 0.3 is 0 Å². The van der Waals surface area contributed by atoms with Crippen molar-refractivity contribution >= 4 is 38.0 Å². The van der Waals surface area contributed by atoms with Crippen molar-refractivity contribution in [2.75, 3.05) is 11.5 Å². The summed E-state index contributed by atoms with van der Waals surface area (Å²) in [7, 11) is -4.76. The molecule has 7 N–H and O–H groups in total. The van der Waals surface area contributed by atoms with E-state index in [4.69, 9.17) is 10.9 Å². The number of aromatic hydroxyl groups is 1. The van der Waals surface area contributed by atoms with E-state index in [1.165, 1.54) is 6.07 Å². The van der Waals surface area contributed by atoms with Gasteiger partial charge in [-0.1, -0.05) is 6.07 Å². The fourth-order valence-electron chi connectivity index (χ4n) is 1.91. The van der Waals surface area contributed by atoms with E-state index in [9.17, 15) is 18.4 Å². The fraction of sp³-hybridized carbons (Fsp3) is 0.167. The van der Waals surface area contributed by atoms with Gasteiger partial charge in [-0.15, -0.1) is 0 Å². The van der Waals surface area contributed by atoms with Crippen LogP contribution < -0.4 is 10.9 Å². The minimum atomic E-state index is -3.11. The molecule has 0 aliphatic carbocycles. The van der Waals surface area contributed by atoms with Crippen LogP contribution in [0.15, 0.2) is 34.1 Å². The van der Waals surface area contributed by atoms with Crippen LogP contribution in [0.3, 0.4) is 0 Å². The normalized spacial score (nSPS) is 14.4. The fourth-order valence-corrected chi connectivity index (χ4v) is 3.40. The molecule has 8 heteroatoms. The van der Waals surface area contributed by atoms with Crippen LogP contribution in [0.5, 0.6) is 5.75 Å². The topological polar surface area (TPSA) is 130 Å². The summed E-state index contributed by atoms with van der Waals surface area (Å²) in [6, 6.07) is 6.13. The third-order valence-corrected chi connectivity index (χ3v) is 5.61. The van der Waals surface area contributed by atoms with Gasteiger partial charge < -0.3 is 10.8 Å². The Hall–Kier alpha value is -1.32. The summed E-state index contributed by atoms with van der Waals surface area (Å²) in [6.45, 7) is 1.60.